The van der Waals surface area contributed by atoms with Crippen LogP contribution in [0.3, 0.4) is 0 Å². The predicted molar refractivity (Wildman–Crippen MR) is 141 cm³/mol. The lowest BCUT2D eigenvalue weighted by atomic mass is 10.1. The number of rotatable bonds is 8. The van der Waals surface area contributed by atoms with Crippen LogP contribution in [0.5, 0.6) is 11.5 Å². The molecule has 1 heterocycles. The van der Waals surface area contributed by atoms with Gasteiger partial charge in [-0.2, -0.15) is 18.3 Å². The highest BCUT2D eigenvalue weighted by Crippen LogP contribution is 2.31. The number of para-hydroxylation sites is 1. The summed E-state index contributed by atoms with van der Waals surface area (Å²) in [6.45, 7) is 0.357. The van der Waals surface area contributed by atoms with Gasteiger partial charge in [-0.3, -0.25) is 0 Å². The van der Waals surface area contributed by atoms with E-state index >= 15 is 0 Å². The van der Waals surface area contributed by atoms with Gasteiger partial charge in [-0.1, -0.05) is 30.3 Å². The molecule has 0 unspecified atom stereocenters. The van der Waals surface area contributed by atoms with Gasteiger partial charge >= 0.3 is 12.1 Å². The van der Waals surface area contributed by atoms with E-state index in [9.17, 15) is 23.1 Å². The van der Waals surface area contributed by atoms with Gasteiger partial charge in [0, 0.05) is 29.6 Å². The third-order valence-corrected chi connectivity index (χ3v) is 5.97. The molecule has 0 saturated carbocycles. The van der Waals surface area contributed by atoms with E-state index in [-0.39, 0.29) is 5.56 Å². The summed E-state index contributed by atoms with van der Waals surface area (Å²) in [6.07, 6.45) is -2.70. The van der Waals surface area contributed by atoms with E-state index in [1.165, 1.54) is 28.9 Å². The molecule has 6 nitrogen and oxygen atoms in total. The first kappa shape index (κ1) is 25.6. The Morgan fingerprint density at radius 1 is 0.846 bits per heavy atom. The molecule has 5 aromatic rings. The SMILES string of the molecule is O=C(O)c1ccc(-c2nn(-c3ccc(C(F)(F)F)cc3)cc2CNc2ccc(Oc3ccccc3)cc2)cc1. The Bertz CT molecular complexity index is 1560. The smallest absolute Gasteiger partial charge is 0.416 e. The van der Waals surface area contributed by atoms with Crippen LogP contribution in [0.4, 0.5) is 18.9 Å². The van der Waals surface area contributed by atoms with Crippen molar-refractivity contribution in [3.63, 3.8) is 0 Å². The van der Waals surface area contributed by atoms with Crippen LogP contribution in [0.15, 0.2) is 109 Å². The van der Waals surface area contributed by atoms with E-state index in [0.29, 0.717) is 29.2 Å². The maximum absolute atomic E-state index is 13.0. The van der Waals surface area contributed by atoms with Crippen molar-refractivity contribution in [2.45, 2.75) is 12.7 Å². The summed E-state index contributed by atoms with van der Waals surface area (Å²) >= 11 is 0. The summed E-state index contributed by atoms with van der Waals surface area (Å²) < 4.78 is 46.4. The molecule has 0 atom stereocenters. The van der Waals surface area contributed by atoms with Crippen LogP contribution < -0.4 is 10.1 Å². The van der Waals surface area contributed by atoms with Crippen molar-refractivity contribution in [1.82, 2.24) is 9.78 Å². The molecule has 0 aliphatic carbocycles. The van der Waals surface area contributed by atoms with Crippen LogP contribution in [-0.4, -0.2) is 20.9 Å². The highest BCUT2D eigenvalue weighted by Gasteiger charge is 2.30. The summed E-state index contributed by atoms with van der Waals surface area (Å²) in [7, 11) is 0. The number of aromatic nitrogens is 2. The zero-order chi connectivity index (χ0) is 27.4. The maximum atomic E-state index is 13.0. The Kier molecular flexibility index (Phi) is 7.05. The molecule has 0 saturated heterocycles. The fourth-order valence-electron chi connectivity index (χ4n) is 3.95. The second-order valence-electron chi connectivity index (χ2n) is 8.67. The summed E-state index contributed by atoms with van der Waals surface area (Å²) in [5.41, 5.74) is 2.69. The summed E-state index contributed by atoms with van der Waals surface area (Å²) in [5, 5.41) is 17.2. The largest absolute Gasteiger partial charge is 0.478 e. The van der Waals surface area contributed by atoms with E-state index in [2.05, 4.69) is 10.4 Å². The predicted octanol–water partition coefficient (Wildman–Crippen LogP) is 7.66. The minimum Gasteiger partial charge on any atom is -0.478 e. The monoisotopic (exact) mass is 529 g/mol. The van der Waals surface area contributed by atoms with Gasteiger partial charge in [-0.15, -0.1) is 0 Å². The fraction of sp³-hybridized carbons (Fsp3) is 0.0667. The van der Waals surface area contributed by atoms with Gasteiger partial charge in [0.15, 0.2) is 0 Å². The number of nitrogens with zero attached hydrogens (tertiary/aromatic N) is 2. The van der Waals surface area contributed by atoms with Crippen molar-refractivity contribution >= 4 is 11.7 Å². The van der Waals surface area contributed by atoms with Crippen LogP contribution in [-0.2, 0) is 12.7 Å². The van der Waals surface area contributed by atoms with Gasteiger partial charge in [-0.05, 0) is 72.8 Å². The van der Waals surface area contributed by atoms with Gasteiger partial charge in [0.1, 0.15) is 11.5 Å². The lowest BCUT2D eigenvalue weighted by molar-refractivity contribution is -0.137. The highest BCUT2D eigenvalue weighted by atomic mass is 19.4. The second-order valence-corrected chi connectivity index (χ2v) is 8.67. The number of hydrogen-bond donors (Lipinski definition) is 2. The lowest BCUT2D eigenvalue weighted by Gasteiger charge is -2.09. The van der Waals surface area contributed by atoms with Crippen molar-refractivity contribution in [2.75, 3.05) is 5.32 Å². The number of benzene rings is 4. The molecule has 0 spiro atoms. The van der Waals surface area contributed by atoms with Gasteiger partial charge in [0.2, 0.25) is 0 Å². The Balaban J connectivity index is 1.39. The third-order valence-electron chi connectivity index (χ3n) is 5.97. The number of nitrogens with one attached hydrogen (secondary N) is 1. The van der Waals surface area contributed by atoms with Gasteiger partial charge in [-0.25, -0.2) is 9.48 Å². The van der Waals surface area contributed by atoms with Crippen molar-refractivity contribution in [2.24, 2.45) is 0 Å². The number of aromatic carboxylic acids is 1. The number of hydrogen-bond acceptors (Lipinski definition) is 4. The normalized spacial score (nSPS) is 11.3. The van der Waals surface area contributed by atoms with Crippen molar-refractivity contribution in [3.8, 4) is 28.4 Å². The number of anilines is 1. The first-order chi connectivity index (χ1) is 18.8. The Morgan fingerprint density at radius 2 is 1.49 bits per heavy atom. The molecular weight excluding hydrogens is 507 g/mol. The minimum absolute atomic E-state index is 0.137. The van der Waals surface area contributed by atoms with Crippen LogP contribution in [0.25, 0.3) is 16.9 Å². The van der Waals surface area contributed by atoms with Crippen LogP contribution >= 0.6 is 0 Å². The van der Waals surface area contributed by atoms with Crippen molar-refractivity contribution in [3.05, 3.63) is 126 Å². The number of carboxylic acids is 1. The molecule has 9 heteroatoms. The van der Waals surface area contributed by atoms with Crippen LogP contribution in [0.2, 0.25) is 0 Å². The quantitative estimate of drug-likeness (QED) is 0.216. The molecule has 0 aliphatic heterocycles. The Morgan fingerprint density at radius 3 is 2.10 bits per heavy atom. The molecule has 1 aromatic heterocycles. The summed E-state index contributed by atoms with van der Waals surface area (Å²) in [5.74, 6) is 0.368. The van der Waals surface area contributed by atoms with Gasteiger partial charge in [0.25, 0.3) is 0 Å². The molecular formula is C30H22F3N3O3. The highest BCUT2D eigenvalue weighted by molar-refractivity contribution is 5.88. The molecule has 0 amide bonds. The van der Waals surface area contributed by atoms with E-state index in [1.54, 1.807) is 18.3 Å². The number of alkyl halides is 3. The average Bonchev–Trinajstić information content (AvgIpc) is 3.37. The molecule has 196 valence electrons. The van der Waals surface area contributed by atoms with E-state index < -0.39 is 17.7 Å². The van der Waals surface area contributed by atoms with E-state index in [0.717, 1.165) is 29.1 Å². The number of ether oxygens (including phenoxy) is 1. The minimum atomic E-state index is -4.43. The number of halogens is 3. The van der Waals surface area contributed by atoms with E-state index in [4.69, 9.17) is 4.74 Å². The van der Waals surface area contributed by atoms with Crippen molar-refractivity contribution in [1.29, 1.82) is 0 Å². The van der Waals surface area contributed by atoms with Crippen LogP contribution in [0, 0.1) is 0 Å². The molecule has 4 aromatic carbocycles. The summed E-state index contributed by atoms with van der Waals surface area (Å²) in [4.78, 5) is 11.3. The molecule has 0 fully saturated rings. The molecule has 0 bridgehead atoms. The molecule has 2 N–H and O–H groups in total. The molecule has 0 radical (unpaired) electrons. The second kappa shape index (κ2) is 10.7. The van der Waals surface area contributed by atoms with Crippen LogP contribution in [0.1, 0.15) is 21.5 Å². The topological polar surface area (TPSA) is 76.4 Å². The summed E-state index contributed by atoms with van der Waals surface area (Å²) in [6, 6.07) is 27.9. The fourth-order valence-corrected chi connectivity index (χ4v) is 3.95. The van der Waals surface area contributed by atoms with E-state index in [1.807, 2.05) is 54.6 Å². The van der Waals surface area contributed by atoms with Gasteiger partial charge in [0.05, 0.1) is 22.5 Å². The lowest BCUT2D eigenvalue weighted by Crippen LogP contribution is -2.05. The number of carbonyl (C=O) groups is 1. The molecule has 5 rings (SSSR count). The molecule has 0 aliphatic rings. The zero-order valence-corrected chi connectivity index (χ0v) is 20.4. The molecule has 39 heavy (non-hydrogen) atoms. The Hall–Kier alpha value is -5.05. The first-order valence-electron chi connectivity index (χ1n) is 11.9. The standard InChI is InChI=1S/C30H22F3N3O3/c31-30(32,33)23-10-14-25(15-11-23)36-19-22(28(35-36)20-6-8-21(9-7-20)29(37)38)18-34-24-12-16-27(17-13-24)39-26-4-2-1-3-5-26/h1-17,19,34H,18H2,(H,37,38). The third kappa shape index (κ3) is 6.10. The maximum Gasteiger partial charge on any atom is 0.416 e. The number of carboxylic acid groups (broad SMARTS) is 1. The van der Waals surface area contributed by atoms with Gasteiger partial charge < -0.3 is 15.2 Å². The average molecular weight is 530 g/mol. The Labute approximate surface area is 221 Å². The zero-order valence-electron chi connectivity index (χ0n) is 20.4. The first-order valence-corrected chi connectivity index (χ1v) is 11.9. The van der Waals surface area contributed by atoms with Crippen molar-refractivity contribution < 1.29 is 27.8 Å².